The molecule has 0 saturated heterocycles. The second-order valence-corrected chi connectivity index (χ2v) is 8.40. The number of carbonyl (C=O) groups excluding carboxylic acids is 3. The van der Waals surface area contributed by atoms with Crippen molar-refractivity contribution in [2.45, 2.75) is 58.8 Å². The number of nitrogens with two attached hydrogens (primary N) is 1. The Balaban J connectivity index is 1.50. The number of furan rings is 1. The summed E-state index contributed by atoms with van der Waals surface area (Å²) >= 11 is 0. The summed E-state index contributed by atoms with van der Waals surface area (Å²) in [5.74, 6) is -1.09. The van der Waals surface area contributed by atoms with Crippen LogP contribution >= 0.6 is 0 Å². The second kappa shape index (κ2) is 12.7. The van der Waals surface area contributed by atoms with Gasteiger partial charge in [-0.25, -0.2) is 0 Å². The van der Waals surface area contributed by atoms with E-state index in [-0.39, 0.29) is 55.5 Å². The molecule has 0 aliphatic rings. The average molecular weight is 501 g/mol. The first-order valence-electron chi connectivity index (χ1n) is 12.1. The number of aromatic amines is 2. The molecule has 11 nitrogen and oxygen atoms in total. The normalized spacial score (nSPS) is 11.9. The van der Waals surface area contributed by atoms with Crippen LogP contribution in [0.4, 0.5) is 5.95 Å². The van der Waals surface area contributed by atoms with Crippen LogP contribution in [0.15, 0.2) is 27.4 Å². The summed E-state index contributed by atoms with van der Waals surface area (Å²) in [6.07, 6.45) is 3.05. The molecular weight excluding hydrogens is 468 g/mol. The molecule has 0 aromatic carbocycles. The lowest BCUT2D eigenvalue weighted by atomic mass is 9.96. The summed E-state index contributed by atoms with van der Waals surface area (Å²) in [5.41, 5.74) is 6.64. The van der Waals surface area contributed by atoms with Crippen LogP contribution in [0.5, 0.6) is 0 Å². The van der Waals surface area contributed by atoms with Gasteiger partial charge in [0.15, 0.2) is 11.5 Å². The van der Waals surface area contributed by atoms with E-state index in [1.807, 2.05) is 0 Å². The molecule has 0 unspecified atom stereocenters. The van der Waals surface area contributed by atoms with E-state index < -0.39 is 17.9 Å². The van der Waals surface area contributed by atoms with Crippen LogP contribution in [0, 0.1) is 5.92 Å². The number of esters is 2. The highest BCUT2D eigenvalue weighted by atomic mass is 16.5. The number of hydrogen-bond donors (Lipinski definition) is 3. The lowest BCUT2D eigenvalue weighted by Gasteiger charge is -2.14. The Morgan fingerprint density at radius 3 is 2.58 bits per heavy atom. The fourth-order valence-electron chi connectivity index (χ4n) is 3.92. The second-order valence-electron chi connectivity index (χ2n) is 8.40. The highest BCUT2D eigenvalue weighted by Gasteiger charge is 2.26. The molecule has 4 N–H and O–H groups in total. The number of carbonyl (C=O) groups is 3. The Morgan fingerprint density at radius 2 is 1.83 bits per heavy atom. The Labute approximate surface area is 207 Å². The van der Waals surface area contributed by atoms with E-state index in [1.54, 1.807) is 32.0 Å². The van der Waals surface area contributed by atoms with Crippen LogP contribution in [-0.4, -0.2) is 45.9 Å². The van der Waals surface area contributed by atoms with E-state index >= 15 is 0 Å². The molecule has 194 valence electrons. The molecular formula is C25H32N4O7. The van der Waals surface area contributed by atoms with Crippen molar-refractivity contribution in [1.29, 1.82) is 0 Å². The first kappa shape index (κ1) is 26.7. The van der Waals surface area contributed by atoms with Gasteiger partial charge in [0, 0.05) is 25.0 Å². The van der Waals surface area contributed by atoms with Gasteiger partial charge in [-0.1, -0.05) is 0 Å². The zero-order valence-electron chi connectivity index (χ0n) is 20.6. The molecule has 3 heterocycles. The van der Waals surface area contributed by atoms with Crippen LogP contribution < -0.4 is 11.3 Å². The van der Waals surface area contributed by atoms with Crippen LogP contribution in [0.1, 0.15) is 68.0 Å². The molecule has 1 atom stereocenters. The predicted molar refractivity (Wildman–Crippen MR) is 131 cm³/mol. The van der Waals surface area contributed by atoms with E-state index in [0.717, 1.165) is 18.5 Å². The highest BCUT2D eigenvalue weighted by molar-refractivity contribution is 5.96. The van der Waals surface area contributed by atoms with E-state index in [2.05, 4.69) is 15.0 Å². The third-order valence-electron chi connectivity index (χ3n) is 5.68. The standard InChI is InChI=1S/C25H32N4O7/c1-3-34-21(31)12-9-15(24(33)35-4-2)13-19(30)20-11-10-17(36-20)8-6-5-7-16-14-18-22(27-16)28-25(26)29-23(18)32/h10-11,14-15H,3-9,12-13H2,1-2H3,(H4,26,27,28,29,32)/t15-/m1/s1. The number of nitrogens with zero attached hydrogens (tertiary/aromatic N) is 1. The number of fused-ring (bicyclic) bond motifs is 1. The van der Waals surface area contributed by atoms with Crippen molar-refractivity contribution in [2.75, 3.05) is 18.9 Å². The summed E-state index contributed by atoms with van der Waals surface area (Å²) < 4.78 is 15.7. The maximum atomic E-state index is 12.7. The van der Waals surface area contributed by atoms with Crippen LogP contribution in [0.3, 0.4) is 0 Å². The van der Waals surface area contributed by atoms with Crippen LogP contribution in [0.25, 0.3) is 11.0 Å². The quantitative estimate of drug-likeness (QED) is 0.171. The fraction of sp³-hybridized carbons (Fsp3) is 0.480. The summed E-state index contributed by atoms with van der Waals surface area (Å²) in [6, 6.07) is 5.12. The molecule has 3 rings (SSSR count). The number of ketones is 1. The van der Waals surface area contributed by atoms with E-state index in [9.17, 15) is 19.2 Å². The topological polar surface area (TPSA) is 170 Å². The van der Waals surface area contributed by atoms with Crippen molar-refractivity contribution in [3.63, 3.8) is 0 Å². The van der Waals surface area contributed by atoms with Gasteiger partial charge in [-0.3, -0.25) is 24.2 Å². The van der Waals surface area contributed by atoms with E-state index in [1.165, 1.54) is 0 Å². The molecule has 0 bridgehead atoms. The molecule has 0 saturated carbocycles. The lowest BCUT2D eigenvalue weighted by molar-refractivity contribution is -0.149. The van der Waals surface area contributed by atoms with Gasteiger partial charge in [-0.05, 0) is 57.7 Å². The molecule has 3 aromatic rings. The van der Waals surface area contributed by atoms with Gasteiger partial charge in [-0.15, -0.1) is 0 Å². The van der Waals surface area contributed by atoms with Crippen molar-refractivity contribution in [1.82, 2.24) is 15.0 Å². The maximum absolute atomic E-state index is 12.7. The molecule has 0 spiro atoms. The number of ether oxygens (including phenoxy) is 2. The number of Topliss-reactive ketones (excluding diaryl/α,β-unsaturated/α-hetero) is 1. The molecule has 0 radical (unpaired) electrons. The number of unbranched alkanes of at least 4 members (excludes halogenated alkanes) is 1. The molecule has 0 fully saturated rings. The summed E-state index contributed by atoms with van der Waals surface area (Å²) in [4.78, 5) is 58.3. The summed E-state index contributed by atoms with van der Waals surface area (Å²) in [6.45, 7) is 3.83. The van der Waals surface area contributed by atoms with Gasteiger partial charge in [0.1, 0.15) is 11.4 Å². The number of anilines is 1. The number of hydrogen-bond acceptors (Lipinski definition) is 9. The van der Waals surface area contributed by atoms with Gasteiger partial charge < -0.3 is 24.6 Å². The third kappa shape index (κ3) is 7.30. The van der Waals surface area contributed by atoms with Crippen molar-refractivity contribution >= 4 is 34.7 Å². The average Bonchev–Trinajstić information content (AvgIpc) is 3.47. The number of nitrogen functional groups attached to an aromatic ring is 1. The van der Waals surface area contributed by atoms with Gasteiger partial charge >= 0.3 is 11.9 Å². The number of aryl methyl sites for hydroxylation is 2. The predicted octanol–water partition coefficient (Wildman–Crippen LogP) is 3.09. The molecule has 0 aliphatic carbocycles. The fourth-order valence-corrected chi connectivity index (χ4v) is 3.92. The van der Waals surface area contributed by atoms with Crippen LogP contribution in [-0.2, 0) is 31.9 Å². The zero-order valence-corrected chi connectivity index (χ0v) is 20.6. The molecule has 0 aliphatic heterocycles. The Morgan fingerprint density at radius 1 is 1.08 bits per heavy atom. The third-order valence-corrected chi connectivity index (χ3v) is 5.68. The van der Waals surface area contributed by atoms with E-state index in [4.69, 9.17) is 19.6 Å². The minimum Gasteiger partial charge on any atom is -0.466 e. The Hall–Kier alpha value is -3.89. The number of rotatable bonds is 14. The smallest absolute Gasteiger partial charge is 0.309 e. The zero-order chi connectivity index (χ0) is 26.1. The Bertz CT molecular complexity index is 1260. The number of H-pyrrole nitrogens is 2. The monoisotopic (exact) mass is 500 g/mol. The lowest BCUT2D eigenvalue weighted by Crippen LogP contribution is -2.22. The molecule has 36 heavy (non-hydrogen) atoms. The van der Waals surface area contributed by atoms with Crippen molar-refractivity contribution in [3.05, 3.63) is 45.8 Å². The molecule has 11 heteroatoms. The van der Waals surface area contributed by atoms with Crippen molar-refractivity contribution in [3.8, 4) is 0 Å². The number of aromatic nitrogens is 3. The van der Waals surface area contributed by atoms with Crippen molar-refractivity contribution in [2.24, 2.45) is 5.92 Å². The van der Waals surface area contributed by atoms with Gasteiger partial charge in [0.2, 0.25) is 5.95 Å². The van der Waals surface area contributed by atoms with Gasteiger partial charge in [0.25, 0.3) is 5.56 Å². The minimum atomic E-state index is -0.746. The highest BCUT2D eigenvalue weighted by Crippen LogP contribution is 2.20. The SMILES string of the molecule is CCOC(=O)CC[C@H](CC(=O)c1ccc(CCCCc2cc3c(=O)[nH]c(N)nc3[nH]2)o1)C(=O)OCC. The summed E-state index contributed by atoms with van der Waals surface area (Å²) in [5, 5.41) is 0.469. The number of nitrogens with one attached hydrogen (secondary N) is 2. The minimum absolute atomic E-state index is 0.0300. The first-order valence-corrected chi connectivity index (χ1v) is 12.1. The largest absolute Gasteiger partial charge is 0.466 e. The maximum Gasteiger partial charge on any atom is 0.309 e. The summed E-state index contributed by atoms with van der Waals surface area (Å²) in [7, 11) is 0. The van der Waals surface area contributed by atoms with E-state index in [0.29, 0.717) is 29.6 Å². The molecule has 0 amide bonds. The van der Waals surface area contributed by atoms with Gasteiger partial charge in [0.05, 0.1) is 24.5 Å². The Kier molecular flexibility index (Phi) is 9.43. The van der Waals surface area contributed by atoms with Crippen LogP contribution in [0.2, 0.25) is 0 Å². The first-order chi connectivity index (χ1) is 17.3. The van der Waals surface area contributed by atoms with Crippen molar-refractivity contribution < 1.29 is 28.3 Å². The molecule has 3 aromatic heterocycles. The van der Waals surface area contributed by atoms with Gasteiger partial charge in [-0.2, -0.15) is 4.98 Å².